The van der Waals surface area contributed by atoms with Crippen LogP contribution in [0.3, 0.4) is 0 Å². The van der Waals surface area contributed by atoms with Gasteiger partial charge in [0, 0.05) is 19.3 Å². The highest BCUT2D eigenvalue weighted by molar-refractivity contribution is 7.47. The van der Waals surface area contributed by atoms with Gasteiger partial charge in [-0.05, 0) is 141 Å². The van der Waals surface area contributed by atoms with Crippen LogP contribution in [0.5, 0.6) is 0 Å². The van der Waals surface area contributed by atoms with Gasteiger partial charge in [-0.15, -0.1) is 0 Å². The van der Waals surface area contributed by atoms with Crippen molar-refractivity contribution in [2.45, 2.75) is 360 Å². The fourth-order valence-corrected chi connectivity index (χ4v) is 12.6. The summed E-state index contributed by atoms with van der Waals surface area (Å²) < 4.78 is 61.2. The summed E-state index contributed by atoms with van der Waals surface area (Å²) in [6, 6.07) is 0. The van der Waals surface area contributed by atoms with Crippen LogP contribution in [-0.2, 0) is 55.8 Å². The van der Waals surface area contributed by atoms with E-state index in [1.807, 2.05) is 0 Å². The van der Waals surface area contributed by atoms with Crippen molar-refractivity contribution in [2.24, 2.45) is 0 Å². The van der Waals surface area contributed by atoms with Crippen LogP contribution in [0.15, 0.2) is 134 Å². The van der Waals surface area contributed by atoms with Gasteiger partial charge in [0.15, 0.2) is 6.10 Å². The van der Waals surface area contributed by atoms with Gasteiger partial charge in [0.1, 0.15) is 25.4 Å². The third-order valence-electron chi connectivity index (χ3n) is 17.3. The van der Waals surface area contributed by atoms with Gasteiger partial charge in [-0.2, -0.15) is 0 Å². The zero-order valence-corrected chi connectivity index (χ0v) is 67.9. The molecule has 0 spiro atoms. The van der Waals surface area contributed by atoms with E-state index >= 15 is 0 Å². The molecule has 18 heteroatoms. The fraction of sp³-hybridized carbons (Fsp3) is 0.713. The Balaban J connectivity index is 4.50. The van der Waals surface area contributed by atoms with Crippen LogP contribution in [0.25, 0.3) is 0 Å². The van der Waals surface area contributed by atoms with E-state index in [-0.39, 0.29) is 19.3 Å². The van der Waals surface area contributed by atoms with Crippen molar-refractivity contribution in [2.75, 3.05) is 39.6 Å². The molecular weight excluding hydrogens is 1360 g/mol. The number of esters is 3. The van der Waals surface area contributed by atoms with E-state index in [2.05, 4.69) is 154 Å². The number of carbonyl (C=O) groups is 3. The zero-order valence-electron chi connectivity index (χ0n) is 66.1. The van der Waals surface area contributed by atoms with E-state index in [0.29, 0.717) is 19.3 Å². The Morgan fingerprint density at radius 3 is 0.829 bits per heavy atom. The van der Waals surface area contributed by atoms with E-state index < -0.39 is 91.5 Å². The second kappa shape index (κ2) is 79.2. The molecule has 0 heterocycles. The van der Waals surface area contributed by atoms with Gasteiger partial charge >= 0.3 is 33.6 Å². The number of hydrogen-bond donors (Lipinski definition) is 4. The number of unbranched alkanes of at least 4 members (excludes halogenated alkanes) is 33. The number of carbonyl (C=O) groups excluding carboxylic acids is 3. The first-order chi connectivity index (χ1) is 51.2. The first kappa shape index (κ1) is 101. The number of ether oxygens (including phenoxy) is 3. The van der Waals surface area contributed by atoms with Crippen molar-refractivity contribution in [3.05, 3.63) is 134 Å². The molecule has 5 unspecified atom stereocenters. The predicted octanol–water partition coefficient (Wildman–Crippen LogP) is 24.7. The average Bonchev–Trinajstić information content (AvgIpc) is 0.912. The summed E-state index contributed by atoms with van der Waals surface area (Å²) in [5, 5.41) is 20.7. The summed E-state index contributed by atoms with van der Waals surface area (Å²) in [5.41, 5.74) is 0. The lowest BCUT2D eigenvalue weighted by atomic mass is 10.0. The number of phosphoric ester groups is 2. The van der Waals surface area contributed by atoms with Gasteiger partial charge < -0.3 is 34.2 Å². The van der Waals surface area contributed by atoms with Crippen LogP contribution in [-0.4, -0.2) is 95.9 Å². The third-order valence-corrected chi connectivity index (χ3v) is 19.2. The second-order valence-electron chi connectivity index (χ2n) is 27.5. The largest absolute Gasteiger partial charge is 0.472 e. The van der Waals surface area contributed by atoms with Crippen molar-refractivity contribution >= 4 is 33.6 Å². The maximum absolute atomic E-state index is 13.0. The minimum Gasteiger partial charge on any atom is -0.463 e. The molecule has 0 saturated carbocycles. The molecule has 4 N–H and O–H groups in total. The second-order valence-corrected chi connectivity index (χ2v) is 30.4. The minimum atomic E-state index is -4.93. The molecule has 0 aromatic rings. The van der Waals surface area contributed by atoms with Gasteiger partial charge in [0.2, 0.25) is 0 Å². The quantitative estimate of drug-likeness (QED) is 0.0146. The molecule has 0 saturated heterocycles. The smallest absolute Gasteiger partial charge is 0.463 e. The lowest BCUT2D eigenvalue weighted by Gasteiger charge is -2.21. The van der Waals surface area contributed by atoms with Crippen molar-refractivity contribution in [1.29, 1.82) is 0 Å². The minimum absolute atomic E-state index is 0.0928. The van der Waals surface area contributed by atoms with Crippen molar-refractivity contribution in [1.82, 2.24) is 0 Å². The summed E-state index contributed by atoms with van der Waals surface area (Å²) in [7, 11) is -9.79. The van der Waals surface area contributed by atoms with E-state index in [1.54, 1.807) is 0 Å². The Morgan fingerprint density at radius 2 is 0.505 bits per heavy atom. The Kier molecular flexibility index (Phi) is 76.0. The molecule has 0 aliphatic rings. The van der Waals surface area contributed by atoms with Crippen LogP contribution in [0.1, 0.15) is 342 Å². The van der Waals surface area contributed by atoms with E-state index in [4.69, 9.17) is 32.3 Å². The van der Waals surface area contributed by atoms with Crippen LogP contribution in [0.4, 0.5) is 0 Å². The van der Waals surface area contributed by atoms with Crippen LogP contribution < -0.4 is 0 Å². The standard InChI is InChI=1S/C87H150O16P2/c1-4-7-10-13-16-19-22-25-27-29-31-33-35-37-39-40-42-44-45-47-49-51-53-56-58-61-64-67-70-73-85(90)97-76-82(88)77-99-104(93,94)100-78-83(89)79-101-105(95,96)102-81-84(103-87(92)75-72-69-66-63-60-55-24-21-18-15-12-9-6-3)80-98-86(91)74-71-68-65-62-59-57-54-52-50-48-46-43-41-38-36-34-32-30-28-26-23-20-17-14-11-8-5-2/h7,10,16-17,19-21,24-28,31-34,37-39,41-42,44,82-84,88-89H,4-6,8-9,11-15,18,22-23,29-30,35-36,40,43,45-81H2,1-3H3,(H,93,94)(H,95,96)/b10-7-,19-16-,20-17-,24-21-,27-25-,28-26-,33-31-,34-32-,39-37-,41-38-,44-42-. The Bertz CT molecular complexity index is 2440. The summed E-state index contributed by atoms with van der Waals surface area (Å²) in [4.78, 5) is 58.7. The van der Waals surface area contributed by atoms with Gasteiger partial charge in [-0.25, -0.2) is 9.13 Å². The van der Waals surface area contributed by atoms with E-state index in [0.717, 1.165) is 161 Å². The van der Waals surface area contributed by atoms with Crippen molar-refractivity contribution < 1.29 is 75.8 Å². The highest BCUT2D eigenvalue weighted by atomic mass is 31.2. The zero-order chi connectivity index (χ0) is 76.6. The van der Waals surface area contributed by atoms with Crippen molar-refractivity contribution in [3.8, 4) is 0 Å². The molecule has 0 aliphatic heterocycles. The number of hydrogen-bond acceptors (Lipinski definition) is 14. The highest BCUT2D eigenvalue weighted by Gasteiger charge is 2.29. The highest BCUT2D eigenvalue weighted by Crippen LogP contribution is 2.45. The summed E-state index contributed by atoms with van der Waals surface area (Å²) in [6.07, 6.45) is 96.4. The first-order valence-electron chi connectivity index (χ1n) is 41.5. The molecule has 0 aromatic heterocycles. The van der Waals surface area contributed by atoms with Crippen molar-refractivity contribution in [3.63, 3.8) is 0 Å². The number of aliphatic hydroxyl groups excluding tert-OH is 2. The third kappa shape index (κ3) is 80.5. The number of phosphoric acid groups is 2. The molecule has 105 heavy (non-hydrogen) atoms. The molecule has 0 radical (unpaired) electrons. The lowest BCUT2D eigenvalue weighted by molar-refractivity contribution is -0.161. The SMILES string of the molecule is CC/C=C\C/C=C\C/C=C\C/C=C\C/C=C\C/C=C\CCCCCCCCCCCCC(=O)OCC(O)COP(=O)(O)OCC(O)COP(=O)(O)OCC(COC(=O)CCCCCCCCCCCCC/C=C\C/C=C\C/C=C\C/C=C\CCCCC)OC(=O)CCCCCCC/C=C\CCCCCC. The van der Waals surface area contributed by atoms with Gasteiger partial charge in [0.05, 0.1) is 26.4 Å². The Hall–Kier alpha value is -4.31. The normalized spacial score (nSPS) is 14.6. The average molecular weight is 1510 g/mol. The topological polar surface area (TPSA) is 231 Å². The monoisotopic (exact) mass is 1510 g/mol. The summed E-state index contributed by atoms with van der Waals surface area (Å²) in [6.45, 7) is 2.53. The molecule has 0 rings (SSSR count). The van der Waals surface area contributed by atoms with Crippen LogP contribution >= 0.6 is 15.6 Å². The van der Waals surface area contributed by atoms with Crippen LogP contribution in [0, 0.1) is 0 Å². The molecule has 0 fully saturated rings. The predicted molar refractivity (Wildman–Crippen MR) is 436 cm³/mol. The molecule has 0 aromatic carbocycles. The van der Waals surface area contributed by atoms with Gasteiger partial charge in [-0.1, -0.05) is 315 Å². The fourth-order valence-electron chi connectivity index (χ4n) is 11.0. The maximum Gasteiger partial charge on any atom is 0.472 e. The summed E-state index contributed by atoms with van der Waals surface area (Å²) in [5.74, 6) is -1.59. The molecule has 0 bridgehead atoms. The molecule has 0 amide bonds. The Labute approximate surface area is 639 Å². The van der Waals surface area contributed by atoms with Gasteiger partial charge in [0.25, 0.3) is 0 Å². The number of allylic oxidation sites excluding steroid dienone is 22. The molecule has 0 aliphatic carbocycles. The van der Waals surface area contributed by atoms with Crippen LogP contribution in [0.2, 0.25) is 0 Å². The molecular formula is C87H150O16P2. The van der Waals surface area contributed by atoms with E-state index in [9.17, 15) is 43.5 Å². The molecule has 604 valence electrons. The molecule has 5 atom stereocenters. The molecule has 16 nitrogen and oxygen atoms in total. The maximum atomic E-state index is 13.0. The van der Waals surface area contributed by atoms with E-state index in [1.165, 1.54) is 122 Å². The lowest BCUT2D eigenvalue weighted by Crippen LogP contribution is -2.30. The number of rotatable bonds is 78. The number of aliphatic hydroxyl groups is 2. The van der Waals surface area contributed by atoms with Gasteiger partial charge in [-0.3, -0.25) is 32.5 Å². The summed E-state index contributed by atoms with van der Waals surface area (Å²) >= 11 is 0. The first-order valence-corrected chi connectivity index (χ1v) is 44.5. The Morgan fingerprint density at radius 1 is 0.276 bits per heavy atom.